The third-order valence-electron chi connectivity index (χ3n) is 12.5. The van der Waals surface area contributed by atoms with Crippen molar-refractivity contribution in [1.82, 2.24) is 0 Å². The molecule has 0 heterocycles. The Labute approximate surface area is 421 Å². The van der Waals surface area contributed by atoms with Gasteiger partial charge in [-0.2, -0.15) is 0 Å². The average Bonchev–Trinajstić information content (AvgIpc) is 3.34. The maximum Gasteiger partial charge on any atom is 0.306 e. The van der Waals surface area contributed by atoms with Gasteiger partial charge in [0.05, 0.1) is 0 Å². The molecule has 0 saturated heterocycles. The van der Waals surface area contributed by atoms with Gasteiger partial charge in [0, 0.05) is 19.3 Å². The van der Waals surface area contributed by atoms with Crippen LogP contribution in [0, 0.1) is 0 Å². The maximum atomic E-state index is 12.9. The van der Waals surface area contributed by atoms with Crippen molar-refractivity contribution in [2.24, 2.45) is 0 Å². The predicted octanol–water partition coefficient (Wildman–Crippen LogP) is 19.4. The molecule has 0 aromatic heterocycles. The van der Waals surface area contributed by atoms with Gasteiger partial charge in [0.2, 0.25) is 0 Å². The fourth-order valence-electron chi connectivity index (χ4n) is 8.18. The van der Waals surface area contributed by atoms with Gasteiger partial charge in [-0.25, -0.2) is 0 Å². The molecule has 0 unspecified atom stereocenters. The van der Waals surface area contributed by atoms with Gasteiger partial charge in [0.1, 0.15) is 13.2 Å². The molecule has 0 fully saturated rings. The molecule has 392 valence electrons. The van der Waals surface area contributed by atoms with Crippen LogP contribution in [0.2, 0.25) is 0 Å². The summed E-state index contributed by atoms with van der Waals surface area (Å²) in [5.41, 5.74) is 0. The average molecular weight is 950 g/mol. The highest BCUT2D eigenvalue weighted by molar-refractivity contribution is 5.71. The molecule has 0 aliphatic rings. The molecule has 1 atom stereocenters. The van der Waals surface area contributed by atoms with Crippen molar-refractivity contribution in [3.8, 4) is 0 Å². The summed E-state index contributed by atoms with van der Waals surface area (Å²) in [6, 6.07) is 0. The first-order valence-corrected chi connectivity index (χ1v) is 28.9. The van der Waals surface area contributed by atoms with E-state index in [1.807, 2.05) is 6.08 Å². The van der Waals surface area contributed by atoms with E-state index in [1.54, 1.807) is 0 Å². The van der Waals surface area contributed by atoms with Crippen LogP contribution in [-0.4, -0.2) is 37.2 Å². The molecule has 0 saturated carbocycles. The Morgan fingerprint density at radius 2 is 0.574 bits per heavy atom. The largest absolute Gasteiger partial charge is 0.462 e. The van der Waals surface area contributed by atoms with E-state index < -0.39 is 6.10 Å². The van der Waals surface area contributed by atoms with Crippen molar-refractivity contribution in [1.29, 1.82) is 0 Å². The number of esters is 3. The highest BCUT2D eigenvalue weighted by atomic mass is 16.6. The first-order valence-electron chi connectivity index (χ1n) is 28.9. The second-order valence-electron chi connectivity index (χ2n) is 19.2. The molecule has 0 radical (unpaired) electrons. The number of hydrogen-bond acceptors (Lipinski definition) is 6. The van der Waals surface area contributed by atoms with Crippen LogP contribution >= 0.6 is 0 Å². The number of carbonyl (C=O) groups is 3. The molecular formula is C62H108O6. The third kappa shape index (κ3) is 53.8. The molecule has 0 rings (SSSR count). The zero-order valence-electron chi connectivity index (χ0n) is 44.9. The van der Waals surface area contributed by atoms with Crippen LogP contribution < -0.4 is 0 Å². The summed E-state index contributed by atoms with van der Waals surface area (Å²) in [6.45, 7) is 6.49. The van der Waals surface area contributed by atoms with Gasteiger partial charge >= 0.3 is 17.9 Å². The molecule has 6 nitrogen and oxygen atoms in total. The molecule has 68 heavy (non-hydrogen) atoms. The van der Waals surface area contributed by atoms with Crippen LogP contribution in [0.4, 0.5) is 0 Å². The van der Waals surface area contributed by atoms with Gasteiger partial charge in [-0.3, -0.25) is 14.4 Å². The Kier molecular flexibility index (Phi) is 53.8. The minimum absolute atomic E-state index is 0.0946. The Morgan fingerprint density at radius 3 is 0.897 bits per heavy atom. The summed E-state index contributed by atoms with van der Waals surface area (Å²) in [4.78, 5) is 38.1. The van der Waals surface area contributed by atoms with E-state index in [9.17, 15) is 14.4 Å². The van der Waals surface area contributed by atoms with Crippen molar-refractivity contribution in [3.63, 3.8) is 0 Å². The van der Waals surface area contributed by atoms with Crippen LogP contribution in [0.25, 0.3) is 0 Å². The topological polar surface area (TPSA) is 78.9 Å². The lowest BCUT2D eigenvalue weighted by atomic mass is 10.0. The molecule has 0 amide bonds. The fraction of sp³-hybridized carbons (Fsp3) is 0.758. The Balaban J connectivity index is 4.46. The summed E-state index contributed by atoms with van der Waals surface area (Å²) in [5, 5.41) is 0. The van der Waals surface area contributed by atoms with Gasteiger partial charge in [0.15, 0.2) is 6.10 Å². The zero-order valence-corrected chi connectivity index (χ0v) is 44.9. The number of ether oxygens (including phenoxy) is 3. The first-order chi connectivity index (χ1) is 33.5. The van der Waals surface area contributed by atoms with Crippen LogP contribution in [-0.2, 0) is 28.6 Å². The zero-order chi connectivity index (χ0) is 49.3. The number of carbonyl (C=O) groups excluding carboxylic acids is 3. The number of rotatable bonds is 52. The van der Waals surface area contributed by atoms with E-state index in [4.69, 9.17) is 14.2 Å². The molecule has 6 heteroatoms. The SMILES string of the molecule is CC/C=C\C/C=C\C/C=C\C/C=C\C/C=C\C/C=C\CCC(=O)OC[C@@H](COC(=O)CCCCCCCCCCCCCCCC)OC(=O)CCCCCCCCCCCCCCCCCCC. The lowest BCUT2D eigenvalue weighted by Crippen LogP contribution is -2.30. The second kappa shape index (κ2) is 56.4. The minimum atomic E-state index is -0.802. The molecule has 0 spiro atoms. The standard InChI is InChI=1S/C62H108O6/c1-4-7-10-13-16-19-22-25-28-30-31-33-34-37-40-43-46-49-52-55-61(64)67-58-59(57-66-60(63)54-51-48-45-42-39-36-27-24-21-18-15-12-9-6-3)68-62(65)56-53-50-47-44-41-38-35-32-29-26-23-20-17-14-11-8-5-2/h7,10,16,19,25,28,31,33,37,40,46,49,59H,4-6,8-9,11-15,17-18,20-24,26-27,29-30,32,34-36,38-39,41-45,47-48,50-58H2,1-3H3/b10-7-,19-16-,28-25-,33-31-,40-37-,49-46-/t59-/m1/s1. The maximum absolute atomic E-state index is 12.9. The number of hydrogen-bond donors (Lipinski definition) is 0. The molecule has 0 aliphatic heterocycles. The van der Waals surface area contributed by atoms with Gasteiger partial charge in [-0.05, 0) is 57.8 Å². The van der Waals surface area contributed by atoms with Gasteiger partial charge < -0.3 is 14.2 Å². The number of unbranched alkanes of at least 4 members (excludes halogenated alkanes) is 29. The Morgan fingerprint density at radius 1 is 0.309 bits per heavy atom. The third-order valence-corrected chi connectivity index (χ3v) is 12.5. The molecular weight excluding hydrogens is 841 g/mol. The smallest absolute Gasteiger partial charge is 0.306 e. The number of allylic oxidation sites excluding steroid dienone is 12. The summed E-state index contributed by atoms with van der Waals surface area (Å²) in [5.74, 6) is -0.970. The molecule has 0 aromatic rings. The summed E-state index contributed by atoms with van der Waals surface area (Å²) >= 11 is 0. The van der Waals surface area contributed by atoms with Crippen LogP contribution in [0.1, 0.15) is 284 Å². The summed E-state index contributed by atoms with van der Waals surface area (Å²) < 4.78 is 16.8. The highest BCUT2D eigenvalue weighted by Crippen LogP contribution is 2.16. The van der Waals surface area contributed by atoms with E-state index in [0.29, 0.717) is 19.3 Å². The van der Waals surface area contributed by atoms with Crippen molar-refractivity contribution < 1.29 is 28.6 Å². The lowest BCUT2D eigenvalue weighted by Gasteiger charge is -2.18. The van der Waals surface area contributed by atoms with Gasteiger partial charge in [-0.1, -0.05) is 280 Å². The van der Waals surface area contributed by atoms with Crippen molar-refractivity contribution in [2.45, 2.75) is 290 Å². The summed E-state index contributed by atoms with van der Waals surface area (Å²) in [7, 11) is 0. The van der Waals surface area contributed by atoms with Crippen molar-refractivity contribution in [3.05, 3.63) is 72.9 Å². The summed E-state index contributed by atoms with van der Waals surface area (Å²) in [6.07, 6.45) is 71.9. The molecule has 0 bridgehead atoms. The Hall–Kier alpha value is -3.15. The minimum Gasteiger partial charge on any atom is -0.462 e. The van der Waals surface area contributed by atoms with Crippen molar-refractivity contribution >= 4 is 17.9 Å². The highest BCUT2D eigenvalue weighted by Gasteiger charge is 2.19. The second-order valence-corrected chi connectivity index (χ2v) is 19.2. The normalized spacial score (nSPS) is 12.6. The van der Waals surface area contributed by atoms with E-state index >= 15 is 0 Å². The van der Waals surface area contributed by atoms with E-state index in [2.05, 4.69) is 87.6 Å². The van der Waals surface area contributed by atoms with Crippen LogP contribution in [0.15, 0.2) is 72.9 Å². The Bertz CT molecular complexity index is 1270. The van der Waals surface area contributed by atoms with Gasteiger partial charge in [0.25, 0.3) is 0 Å². The lowest BCUT2D eigenvalue weighted by molar-refractivity contribution is -0.166. The van der Waals surface area contributed by atoms with Gasteiger partial charge in [-0.15, -0.1) is 0 Å². The first kappa shape index (κ1) is 64.8. The van der Waals surface area contributed by atoms with Crippen molar-refractivity contribution in [2.75, 3.05) is 13.2 Å². The van der Waals surface area contributed by atoms with E-state index in [-0.39, 0.29) is 37.5 Å². The van der Waals surface area contributed by atoms with Crippen LogP contribution in [0.3, 0.4) is 0 Å². The van der Waals surface area contributed by atoms with Crippen LogP contribution in [0.5, 0.6) is 0 Å². The van der Waals surface area contributed by atoms with E-state index in [0.717, 1.165) is 77.0 Å². The van der Waals surface area contributed by atoms with E-state index in [1.165, 1.54) is 161 Å². The monoisotopic (exact) mass is 949 g/mol. The molecule has 0 aromatic carbocycles. The molecule has 0 aliphatic carbocycles. The molecule has 0 N–H and O–H groups in total. The fourth-order valence-corrected chi connectivity index (χ4v) is 8.18. The predicted molar refractivity (Wildman–Crippen MR) is 293 cm³/mol. The quantitative estimate of drug-likeness (QED) is 0.0262.